The molecule has 0 amide bonds. The number of likely N-dealkylation sites (N-methyl/N-ethyl adjacent to an activating group) is 1. The predicted molar refractivity (Wildman–Crippen MR) is 114 cm³/mol. The van der Waals surface area contributed by atoms with Crippen molar-refractivity contribution in [1.29, 1.82) is 0 Å². The zero-order valence-electron chi connectivity index (χ0n) is 17.4. The second-order valence-electron chi connectivity index (χ2n) is 7.16. The third-order valence-corrected chi connectivity index (χ3v) is 4.51. The highest BCUT2D eigenvalue weighted by molar-refractivity contribution is 5.43. The molecular formula is C23H34N2O3. The van der Waals surface area contributed by atoms with Crippen molar-refractivity contribution in [2.45, 2.75) is 39.0 Å². The van der Waals surface area contributed by atoms with Gasteiger partial charge in [-0.1, -0.05) is 49.7 Å². The summed E-state index contributed by atoms with van der Waals surface area (Å²) in [7, 11) is 3.63. The van der Waals surface area contributed by atoms with Gasteiger partial charge in [0.15, 0.2) is 11.5 Å². The van der Waals surface area contributed by atoms with Crippen LogP contribution in [0.1, 0.15) is 30.9 Å². The fraction of sp³-hybridized carbons (Fsp3) is 0.478. The molecule has 0 aliphatic heterocycles. The van der Waals surface area contributed by atoms with Crippen LogP contribution in [0.15, 0.2) is 48.5 Å². The molecule has 0 heterocycles. The Labute approximate surface area is 169 Å². The molecule has 2 aromatic carbocycles. The lowest BCUT2D eigenvalue weighted by atomic mass is 10.2. The molecule has 5 heteroatoms. The highest BCUT2D eigenvalue weighted by Crippen LogP contribution is 2.28. The molecule has 0 saturated heterocycles. The van der Waals surface area contributed by atoms with Crippen LogP contribution in [-0.2, 0) is 13.1 Å². The minimum absolute atomic E-state index is 0.224. The summed E-state index contributed by atoms with van der Waals surface area (Å²) >= 11 is 0. The Morgan fingerprint density at radius 3 is 2.57 bits per heavy atom. The van der Waals surface area contributed by atoms with Gasteiger partial charge >= 0.3 is 0 Å². The minimum Gasteiger partial charge on any atom is -0.493 e. The maximum Gasteiger partial charge on any atom is 0.161 e. The highest BCUT2D eigenvalue weighted by atomic mass is 16.5. The monoisotopic (exact) mass is 386 g/mol. The van der Waals surface area contributed by atoms with E-state index >= 15 is 0 Å². The van der Waals surface area contributed by atoms with Crippen molar-refractivity contribution in [3.8, 4) is 11.5 Å². The third-order valence-electron chi connectivity index (χ3n) is 4.51. The maximum atomic E-state index is 10.4. The van der Waals surface area contributed by atoms with Crippen molar-refractivity contribution in [3.05, 3.63) is 59.7 Å². The van der Waals surface area contributed by atoms with Crippen LogP contribution in [0.25, 0.3) is 0 Å². The van der Waals surface area contributed by atoms with Gasteiger partial charge in [0.25, 0.3) is 0 Å². The van der Waals surface area contributed by atoms with Crippen LogP contribution in [0.5, 0.6) is 11.5 Å². The van der Waals surface area contributed by atoms with Crippen molar-refractivity contribution in [1.82, 2.24) is 10.2 Å². The quantitative estimate of drug-likeness (QED) is 0.517. The Morgan fingerprint density at radius 1 is 1.07 bits per heavy atom. The van der Waals surface area contributed by atoms with Gasteiger partial charge < -0.3 is 19.9 Å². The van der Waals surface area contributed by atoms with Crippen LogP contribution in [0.4, 0.5) is 0 Å². The highest BCUT2D eigenvalue weighted by Gasteiger charge is 2.12. The smallest absolute Gasteiger partial charge is 0.161 e. The fourth-order valence-electron chi connectivity index (χ4n) is 3.04. The standard InChI is InChI=1S/C23H34N2O3/c1-4-5-13-24-15-20-11-12-22(27-3)23(14-20)28-18-21(26)17-25(2)16-19-9-7-6-8-10-19/h6-12,14,21,24,26H,4-5,13,15-18H2,1-3H3/t21-/m0/s1. The third kappa shape index (κ3) is 7.89. The van der Waals surface area contributed by atoms with Gasteiger partial charge in [0.2, 0.25) is 0 Å². The molecule has 0 unspecified atom stereocenters. The van der Waals surface area contributed by atoms with E-state index in [2.05, 4.69) is 29.3 Å². The first-order valence-electron chi connectivity index (χ1n) is 10.0. The topological polar surface area (TPSA) is 54.0 Å². The first-order valence-corrected chi connectivity index (χ1v) is 10.0. The van der Waals surface area contributed by atoms with E-state index in [1.165, 1.54) is 18.4 Å². The molecule has 0 saturated carbocycles. The van der Waals surface area contributed by atoms with Crippen molar-refractivity contribution in [2.24, 2.45) is 0 Å². The van der Waals surface area contributed by atoms with Crippen LogP contribution in [0.3, 0.4) is 0 Å². The Bertz CT molecular complexity index is 679. The number of unbranched alkanes of at least 4 members (excludes halogenated alkanes) is 1. The van der Waals surface area contributed by atoms with Gasteiger partial charge in [-0.05, 0) is 43.3 Å². The van der Waals surface area contributed by atoms with E-state index in [-0.39, 0.29) is 6.61 Å². The van der Waals surface area contributed by atoms with E-state index in [1.807, 2.05) is 43.4 Å². The molecule has 0 aliphatic rings. The SMILES string of the molecule is CCCCNCc1ccc(OC)c(OC[C@@H](O)CN(C)Cc2ccccc2)c1. The second kappa shape index (κ2) is 12.4. The van der Waals surface area contributed by atoms with Crippen LogP contribution < -0.4 is 14.8 Å². The summed E-state index contributed by atoms with van der Waals surface area (Å²) in [5, 5.41) is 13.8. The molecule has 0 aromatic heterocycles. The molecule has 28 heavy (non-hydrogen) atoms. The summed E-state index contributed by atoms with van der Waals surface area (Å²) in [5.74, 6) is 1.35. The zero-order valence-corrected chi connectivity index (χ0v) is 17.4. The largest absolute Gasteiger partial charge is 0.493 e. The number of nitrogens with zero attached hydrogens (tertiary/aromatic N) is 1. The Morgan fingerprint density at radius 2 is 1.86 bits per heavy atom. The van der Waals surface area contributed by atoms with E-state index in [4.69, 9.17) is 9.47 Å². The summed E-state index contributed by atoms with van der Waals surface area (Å²) in [5.41, 5.74) is 2.37. The number of hydrogen-bond donors (Lipinski definition) is 2. The van der Waals surface area contributed by atoms with E-state index in [0.29, 0.717) is 18.0 Å². The molecule has 1 atom stereocenters. The second-order valence-corrected chi connectivity index (χ2v) is 7.16. The van der Waals surface area contributed by atoms with E-state index < -0.39 is 6.10 Å². The Kier molecular flexibility index (Phi) is 9.83. The summed E-state index contributed by atoms with van der Waals surface area (Å²) in [6.07, 6.45) is 1.77. The lowest BCUT2D eigenvalue weighted by Crippen LogP contribution is -2.32. The number of benzene rings is 2. The summed E-state index contributed by atoms with van der Waals surface area (Å²) in [4.78, 5) is 2.09. The molecule has 2 aromatic rings. The van der Waals surface area contributed by atoms with Crippen LogP contribution in [0, 0.1) is 0 Å². The summed E-state index contributed by atoms with van der Waals surface area (Å²) < 4.78 is 11.3. The predicted octanol–water partition coefficient (Wildman–Crippen LogP) is 3.46. The van der Waals surface area contributed by atoms with E-state index in [1.54, 1.807) is 7.11 Å². The lowest BCUT2D eigenvalue weighted by molar-refractivity contribution is 0.0732. The Hall–Kier alpha value is -2.08. The first-order chi connectivity index (χ1) is 13.6. The maximum absolute atomic E-state index is 10.4. The number of methoxy groups -OCH3 is 1. The lowest BCUT2D eigenvalue weighted by Gasteiger charge is -2.21. The zero-order chi connectivity index (χ0) is 20.2. The molecular weight excluding hydrogens is 352 g/mol. The van der Waals surface area contributed by atoms with Gasteiger partial charge in [0, 0.05) is 19.6 Å². The van der Waals surface area contributed by atoms with Gasteiger partial charge in [0.05, 0.1) is 7.11 Å². The number of aliphatic hydroxyl groups is 1. The molecule has 5 nitrogen and oxygen atoms in total. The molecule has 0 radical (unpaired) electrons. The van der Waals surface area contributed by atoms with Crippen LogP contribution in [0.2, 0.25) is 0 Å². The van der Waals surface area contributed by atoms with Gasteiger partial charge in [-0.2, -0.15) is 0 Å². The summed E-state index contributed by atoms with van der Waals surface area (Å²) in [6.45, 7) is 5.54. The fourth-order valence-corrected chi connectivity index (χ4v) is 3.04. The van der Waals surface area contributed by atoms with E-state index in [0.717, 1.165) is 25.2 Å². The number of nitrogens with one attached hydrogen (secondary N) is 1. The summed E-state index contributed by atoms with van der Waals surface area (Å²) in [6, 6.07) is 16.2. The average molecular weight is 387 g/mol. The first kappa shape index (κ1) is 22.2. The molecule has 0 aliphatic carbocycles. The van der Waals surface area contributed by atoms with Crippen molar-refractivity contribution in [2.75, 3.05) is 33.9 Å². The molecule has 2 N–H and O–H groups in total. The van der Waals surface area contributed by atoms with Crippen molar-refractivity contribution < 1.29 is 14.6 Å². The van der Waals surface area contributed by atoms with Crippen molar-refractivity contribution >= 4 is 0 Å². The van der Waals surface area contributed by atoms with Gasteiger partial charge in [-0.15, -0.1) is 0 Å². The number of hydrogen-bond acceptors (Lipinski definition) is 5. The van der Waals surface area contributed by atoms with Crippen molar-refractivity contribution in [3.63, 3.8) is 0 Å². The number of ether oxygens (including phenoxy) is 2. The van der Waals surface area contributed by atoms with E-state index in [9.17, 15) is 5.11 Å². The number of aliphatic hydroxyl groups excluding tert-OH is 1. The number of rotatable bonds is 13. The molecule has 154 valence electrons. The normalized spacial score (nSPS) is 12.2. The molecule has 0 bridgehead atoms. The Balaban J connectivity index is 1.83. The van der Waals surface area contributed by atoms with Crippen LogP contribution >= 0.6 is 0 Å². The van der Waals surface area contributed by atoms with Gasteiger partial charge in [-0.3, -0.25) is 4.90 Å². The minimum atomic E-state index is -0.579. The molecule has 0 spiro atoms. The van der Waals surface area contributed by atoms with Gasteiger partial charge in [-0.25, -0.2) is 0 Å². The molecule has 0 fully saturated rings. The van der Waals surface area contributed by atoms with Crippen LogP contribution in [-0.4, -0.2) is 50.0 Å². The molecule has 2 rings (SSSR count). The average Bonchev–Trinajstić information content (AvgIpc) is 2.70. The van der Waals surface area contributed by atoms with Gasteiger partial charge in [0.1, 0.15) is 12.7 Å².